The summed E-state index contributed by atoms with van der Waals surface area (Å²) in [7, 11) is 1.73. The van der Waals surface area contributed by atoms with Crippen molar-refractivity contribution in [1.82, 2.24) is 4.90 Å². The van der Waals surface area contributed by atoms with Gasteiger partial charge in [-0.25, -0.2) is 0 Å². The molecule has 0 unspecified atom stereocenters. The first-order valence-corrected chi connectivity index (χ1v) is 5.30. The quantitative estimate of drug-likeness (QED) is 0.540. The highest BCUT2D eigenvalue weighted by Crippen LogP contribution is 2.26. The van der Waals surface area contributed by atoms with E-state index in [0.29, 0.717) is 13.2 Å². The highest BCUT2D eigenvalue weighted by atomic mass is 16.5. The van der Waals surface area contributed by atoms with Gasteiger partial charge in [-0.05, 0) is 12.8 Å². The minimum atomic E-state index is 0.113. The van der Waals surface area contributed by atoms with Crippen molar-refractivity contribution >= 4 is 0 Å². The molecule has 0 bridgehead atoms. The first-order chi connectivity index (χ1) is 6.88. The lowest BCUT2D eigenvalue weighted by molar-refractivity contribution is 0.0637. The topological polar surface area (TPSA) is 41.9 Å². The third-order valence-electron chi connectivity index (χ3n) is 2.40. The van der Waals surface area contributed by atoms with E-state index in [0.717, 1.165) is 25.7 Å². The van der Waals surface area contributed by atoms with Gasteiger partial charge in [0, 0.05) is 26.2 Å². The van der Waals surface area contributed by atoms with Gasteiger partial charge >= 0.3 is 0 Å². The van der Waals surface area contributed by atoms with E-state index in [4.69, 9.17) is 14.6 Å². The summed E-state index contributed by atoms with van der Waals surface area (Å²) < 4.78 is 10.3. The molecule has 14 heavy (non-hydrogen) atoms. The Morgan fingerprint density at radius 3 is 2.50 bits per heavy atom. The second-order valence-corrected chi connectivity index (χ2v) is 3.60. The molecule has 0 spiro atoms. The molecule has 1 N–H and O–H groups in total. The average Bonchev–Trinajstić information content (AvgIpc) is 3.00. The Morgan fingerprint density at radius 1 is 1.21 bits per heavy atom. The van der Waals surface area contributed by atoms with Gasteiger partial charge < -0.3 is 14.6 Å². The van der Waals surface area contributed by atoms with Crippen LogP contribution in [0.4, 0.5) is 0 Å². The van der Waals surface area contributed by atoms with Crippen LogP contribution in [-0.2, 0) is 9.47 Å². The Labute approximate surface area is 85.8 Å². The van der Waals surface area contributed by atoms with Crippen LogP contribution in [0.5, 0.6) is 0 Å². The molecule has 0 aromatic rings. The van der Waals surface area contributed by atoms with Crippen LogP contribution in [0, 0.1) is 0 Å². The van der Waals surface area contributed by atoms with Crippen LogP contribution in [0.2, 0.25) is 0 Å². The first-order valence-electron chi connectivity index (χ1n) is 5.30. The van der Waals surface area contributed by atoms with Crippen molar-refractivity contribution in [2.45, 2.75) is 18.9 Å². The summed E-state index contributed by atoms with van der Waals surface area (Å²) in [5.41, 5.74) is 0. The molecule has 0 aromatic heterocycles. The van der Waals surface area contributed by atoms with Gasteiger partial charge in [0.1, 0.15) is 0 Å². The minimum absolute atomic E-state index is 0.113. The van der Waals surface area contributed by atoms with Crippen molar-refractivity contribution in [3.8, 4) is 0 Å². The monoisotopic (exact) mass is 203 g/mol. The molecule has 0 aromatic carbocycles. The summed E-state index contributed by atoms with van der Waals surface area (Å²) in [6.45, 7) is 4.00. The maximum Gasteiger partial charge on any atom is 0.0698 e. The number of hydrogen-bond acceptors (Lipinski definition) is 4. The molecule has 0 aliphatic heterocycles. The minimum Gasteiger partial charge on any atom is -0.394 e. The Hall–Kier alpha value is -0.160. The van der Waals surface area contributed by atoms with Crippen LogP contribution in [0.15, 0.2) is 0 Å². The lowest BCUT2D eigenvalue weighted by Gasteiger charge is -2.21. The normalized spacial score (nSPS) is 16.5. The van der Waals surface area contributed by atoms with E-state index >= 15 is 0 Å². The van der Waals surface area contributed by atoms with E-state index in [9.17, 15) is 0 Å². The maximum absolute atomic E-state index is 8.54. The maximum atomic E-state index is 8.54. The number of methoxy groups -OCH3 is 1. The van der Waals surface area contributed by atoms with Gasteiger partial charge in [0.25, 0.3) is 0 Å². The second-order valence-electron chi connectivity index (χ2n) is 3.60. The summed E-state index contributed by atoms with van der Waals surface area (Å²) in [4.78, 5) is 2.40. The molecule has 1 rings (SSSR count). The molecule has 1 aliphatic rings. The molecule has 4 nitrogen and oxygen atoms in total. The van der Waals surface area contributed by atoms with Crippen molar-refractivity contribution in [1.29, 1.82) is 0 Å². The number of nitrogens with zero attached hydrogens (tertiary/aromatic N) is 1. The molecule has 0 atom stereocenters. The van der Waals surface area contributed by atoms with Crippen LogP contribution >= 0.6 is 0 Å². The Balaban J connectivity index is 2.02. The third kappa shape index (κ3) is 4.91. The van der Waals surface area contributed by atoms with Gasteiger partial charge in [-0.15, -0.1) is 0 Å². The average molecular weight is 203 g/mol. The fourth-order valence-corrected chi connectivity index (χ4v) is 1.47. The Morgan fingerprint density at radius 2 is 1.93 bits per heavy atom. The Bertz CT molecular complexity index is 139. The lowest BCUT2D eigenvalue weighted by Crippen LogP contribution is -2.33. The largest absolute Gasteiger partial charge is 0.394 e. The number of rotatable bonds is 9. The van der Waals surface area contributed by atoms with Crippen molar-refractivity contribution in [3.05, 3.63) is 0 Å². The fourth-order valence-electron chi connectivity index (χ4n) is 1.47. The summed E-state index contributed by atoms with van der Waals surface area (Å²) in [6.07, 6.45) is 2.62. The van der Waals surface area contributed by atoms with E-state index in [2.05, 4.69) is 4.90 Å². The molecule has 0 radical (unpaired) electrons. The van der Waals surface area contributed by atoms with Crippen LogP contribution in [0.25, 0.3) is 0 Å². The van der Waals surface area contributed by atoms with Gasteiger partial charge in [0.05, 0.1) is 26.4 Å². The summed E-state index contributed by atoms with van der Waals surface area (Å²) >= 11 is 0. The zero-order chi connectivity index (χ0) is 10.2. The number of hydrogen-bond donors (Lipinski definition) is 1. The molecule has 0 saturated heterocycles. The molecular weight excluding hydrogens is 182 g/mol. The van der Waals surface area contributed by atoms with Crippen molar-refractivity contribution in [2.24, 2.45) is 0 Å². The zero-order valence-electron chi connectivity index (χ0n) is 8.95. The number of ether oxygens (including phenoxy) is 2. The standard InChI is InChI=1S/C10H21NO3/c1-13-7-4-11(10-2-3-10)5-8-14-9-6-12/h10,12H,2-9H2,1H3. The molecule has 1 saturated carbocycles. The van der Waals surface area contributed by atoms with E-state index in [1.165, 1.54) is 12.8 Å². The van der Waals surface area contributed by atoms with Crippen molar-refractivity contribution < 1.29 is 14.6 Å². The smallest absolute Gasteiger partial charge is 0.0698 e. The predicted molar refractivity (Wildman–Crippen MR) is 54.4 cm³/mol. The molecular formula is C10H21NO3. The van der Waals surface area contributed by atoms with E-state index in [1.54, 1.807) is 7.11 Å². The first kappa shape index (κ1) is 11.9. The van der Waals surface area contributed by atoms with E-state index < -0.39 is 0 Å². The highest BCUT2D eigenvalue weighted by molar-refractivity contribution is 4.84. The second kappa shape index (κ2) is 7.17. The molecule has 1 fully saturated rings. The number of aliphatic hydroxyl groups excluding tert-OH is 1. The van der Waals surface area contributed by atoms with Gasteiger partial charge in [-0.1, -0.05) is 0 Å². The van der Waals surface area contributed by atoms with E-state index in [1.807, 2.05) is 0 Å². The summed E-state index contributed by atoms with van der Waals surface area (Å²) in [6, 6.07) is 0.753. The molecule has 0 amide bonds. The number of aliphatic hydroxyl groups is 1. The van der Waals surface area contributed by atoms with Gasteiger partial charge in [0.2, 0.25) is 0 Å². The van der Waals surface area contributed by atoms with Crippen LogP contribution in [-0.4, -0.2) is 62.7 Å². The van der Waals surface area contributed by atoms with Crippen LogP contribution in [0.1, 0.15) is 12.8 Å². The van der Waals surface area contributed by atoms with Crippen LogP contribution in [0.3, 0.4) is 0 Å². The lowest BCUT2D eigenvalue weighted by atomic mass is 10.4. The summed E-state index contributed by atoms with van der Waals surface area (Å²) in [5.74, 6) is 0. The third-order valence-corrected chi connectivity index (χ3v) is 2.40. The fraction of sp³-hybridized carbons (Fsp3) is 1.00. The molecule has 1 aliphatic carbocycles. The van der Waals surface area contributed by atoms with Gasteiger partial charge in [-0.2, -0.15) is 0 Å². The van der Waals surface area contributed by atoms with Gasteiger partial charge in [-0.3, -0.25) is 4.90 Å². The van der Waals surface area contributed by atoms with Crippen LogP contribution < -0.4 is 0 Å². The molecule has 4 heteroatoms. The van der Waals surface area contributed by atoms with Crippen molar-refractivity contribution in [3.63, 3.8) is 0 Å². The summed E-state index contributed by atoms with van der Waals surface area (Å²) in [5, 5.41) is 8.54. The van der Waals surface area contributed by atoms with Crippen molar-refractivity contribution in [2.75, 3.05) is 46.6 Å². The van der Waals surface area contributed by atoms with E-state index in [-0.39, 0.29) is 6.61 Å². The SMILES string of the molecule is COCCN(CCOCCO)C1CC1. The molecule has 84 valence electrons. The van der Waals surface area contributed by atoms with Gasteiger partial charge in [0.15, 0.2) is 0 Å². The highest BCUT2D eigenvalue weighted by Gasteiger charge is 2.27. The Kier molecular flexibility index (Phi) is 6.10. The predicted octanol–water partition coefficient (Wildman–Crippen LogP) is 0.106. The zero-order valence-corrected chi connectivity index (χ0v) is 8.95. The molecule has 0 heterocycles.